The standard InChI is InChI=1S/C12H10BrN3/c1-8-12(7-14)9(2)16(15-8)11-5-3-10(13)4-6-11/h3-6H,1-2H3. The van der Waals surface area contributed by atoms with Crippen LogP contribution < -0.4 is 0 Å². The molecule has 16 heavy (non-hydrogen) atoms. The Kier molecular flexibility index (Phi) is 2.80. The lowest BCUT2D eigenvalue weighted by Crippen LogP contribution is -1.98. The minimum atomic E-state index is 0.655. The molecule has 0 aliphatic rings. The number of rotatable bonds is 1. The van der Waals surface area contributed by atoms with Crippen LogP contribution >= 0.6 is 15.9 Å². The molecule has 2 aromatic rings. The number of aromatic nitrogens is 2. The molecule has 1 aromatic heterocycles. The van der Waals surface area contributed by atoms with Gasteiger partial charge in [-0.3, -0.25) is 0 Å². The van der Waals surface area contributed by atoms with Crippen LogP contribution in [0.1, 0.15) is 17.0 Å². The quantitative estimate of drug-likeness (QED) is 0.803. The number of benzene rings is 1. The van der Waals surface area contributed by atoms with Crippen molar-refractivity contribution in [1.82, 2.24) is 9.78 Å². The molecule has 4 heteroatoms. The molecule has 0 N–H and O–H groups in total. The molecule has 1 heterocycles. The molecule has 0 bridgehead atoms. The predicted octanol–water partition coefficient (Wildman–Crippen LogP) is 3.12. The SMILES string of the molecule is Cc1nn(-c2ccc(Br)cc2)c(C)c1C#N. The zero-order valence-corrected chi connectivity index (χ0v) is 10.6. The number of aryl methyl sites for hydroxylation is 1. The van der Waals surface area contributed by atoms with Gasteiger partial charge in [0.2, 0.25) is 0 Å². The molecule has 0 fully saturated rings. The number of nitrogens with zero attached hydrogens (tertiary/aromatic N) is 3. The second-order valence-corrected chi connectivity index (χ2v) is 4.46. The van der Waals surface area contributed by atoms with Crippen molar-refractivity contribution < 1.29 is 0 Å². The first-order valence-electron chi connectivity index (χ1n) is 4.85. The molecule has 0 aliphatic carbocycles. The highest BCUT2D eigenvalue weighted by molar-refractivity contribution is 9.10. The Morgan fingerprint density at radius 1 is 1.25 bits per heavy atom. The van der Waals surface area contributed by atoms with E-state index in [1.807, 2.05) is 38.1 Å². The van der Waals surface area contributed by atoms with Crippen molar-refractivity contribution in [2.24, 2.45) is 0 Å². The average Bonchev–Trinajstić information content (AvgIpc) is 2.55. The van der Waals surface area contributed by atoms with Gasteiger partial charge >= 0.3 is 0 Å². The maximum Gasteiger partial charge on any atom is 0.103 e. The van der Waals surface area contributed by atoms with E-state index in [4.69, 9.17) is 5.26 Å². The van der Waals surface area contributed by atoms with Crippen molar-refractivity contribution in [3.05, 3.63) is 45.7 Å². The summed E-state index contributed by atoms with van der Waals surface area (Å²) in [4.78, 5) is 0. The van der Waals surface area contributed by atoms with Crippen molar-refractivity contribution in [2.45, 2.75) is 13.8 Å². The van der Waals surface area contributed by atoms with E-state index in [0.717, 1.165) is 21.5 Å². The first-order valence-corrected chi connectivity index (χ1v) is 5.65. The molecule has 0 spiro atoms. The normalized spacial score (nSPS) is 10.1. The van der Waals surface area contributed by atoms with E-state index in [-0.39, 0.29) is 0 Å². The second kappa shape index (κ2) is 4.11. The smallest absolute Gasteiger partial charge is 0.103 e. The summed E-state index contributed by atoms with van der Waals surface area (Å²) in [6, 6.07) is 10.0. The molecule has 80 valence electrons. The Labute approximate surface area is 102 Å². The molecule has 2 rings (SSSR count). The van der Waals surface area contributed by atoms with Gasteiger partial charge in [0, 0.05) is 4.47 Å². The first kappa shape index (κ1) is 10.9. The van der Waals surface area contributed by atoms with E-state index in [1.54, 1.807) is 4.68 Å². The van der Waals surface area contributed by atoms with Gasteiger partial charge in [0.1, 0.15) is 6.07 Å². The van der Waals surface area contributed by atoms with Gasteiger partial charge in [-0.05, 0) is 38.1 Å². The van der Waals surface area contributed by atoms with Gasteiger partial charge in [-0.1, -0.05) is 15.9 Å². The van der Waals surface area contributed by atoms with Gasteiger partial charge in [-0.15, -0.1) is 0 Å². The van der Waals surface area contributed by atoms with Crippen LogP contribution in [-0.4, -0.2) is 9.78 Å². The molecule has 1 aromatic carbocycles. The third-order valence-electron chi connectivity index (χ3n) is 2.47. The molecule has 0 saturated heterocycles. The van der Waals surface area contributed by atoms with Crippen molar-refractivity contribution in [2.75, 3.05) is 0 Å². The lowest BCUT2D eigenvalue weighted by molar-refractivity contribution is 0.833. The lowest BCUT2D eigenvalue weighted by Gasteiger charge is -2.03. The molecule has 0 aliphatic heterocycles. The molecule has 3 nitrogen and oxygen atoms in total. The Bertz CT molecular complexity index is 561. The number of hydrogen-bond acceptors (Lipinski definition) is 2. The van der Waals surface area contributed by atoms with E-state index >= 15 is 0 Å². The summed E-state index contributed by atoms with van der Waals surface area (Å²) in [6.45, 7) is 3.75. The molecule has 0 radical (unpaired) electrons. The maximum absolute atomic E-state index is 8.99. The fourth-order valence-electron chi connectivity index (χ4n) is 1.64. The van der Waals surface area contributed by atoms with E-state index in [9.17, 15) is 0 Å². The topological polar surface area (TPSA) is 41.6 Å². The third-order valence-corrected chi connectivity index (χ3v) is 3.00. The number of halogens is 1. The Hall–Kier alpha value is -1.60. The molecule has 0 unspecified atom stereocenters. The molecule has 0 amide bonds. The summed E-state index contributed by atoms with van der Waals surface area (Å²) in [5, 5.41) is 13.4. The highest BCUT2D eigenvalue weighted by Gasteiger charge is 2.11. The largest absolute Gasteiger partial charge is 0.236 e. The highest BCUT2D eigenvalue weighted by atomic mass is 79.9. The summed E-state index contributed by atoms with van der Waals surface area (Å²) >= 11 is 3.39. The van der Waals surface area contributed by atoms with Crippen LogP contribution in [0.2, 0.25) is 0 Å². The second-order valence-electron chi connectivity index (χ2n) is 3.55. The number of hydrogen-bond donors (Lipinski definition) is 0. The van der Waals surface area contributed by atoms with Crippen LogP contribution in [0.15, 0.2) is 28.7 Å². The van der Waals surface area contributed by atoms with Crippen LogP contribution in [0.25, 0.3) is 5.69 Å². The Morgan fingerprint density at radius 2 is 1.88 bits per heavy atom. The van der Waals surface area contributed by atoms with Gasteiger partial charge in [0.05, 0.1) is 22.6 Å². The van der Waals surface area contributed by atoms with Gasteiger partial charge in [-0.2, -0.15) is 10.4 Å². The summed E-state index contributed by atoms with van der Waals surface area (Å²) in [6.07, 6.45) is 0. The first-order chi connectivity index (χ1) is 7.63. The Balaban J connectivity index is 2.58. The van der Waals surface area contributed by atoms with Crippen LogP contribution in [0.3, 0.4) is 0 Å². The van der Waals surface area contributed by atoms with Gasteiger partial charge in [0.25, 0.3) is 0 Å². The van der Waals surface area contributed by atoms with E-state index in [1.165, 1.54) is 0 Å². The Morgan fingerprint density at radius 3 is 2.38 bits per heavy atom. The van der Waals surface area contributed by atoms with Crippen LogP contribution in [-0.2, 0) is 0 Å². The summed E-state index contributed by atoms with van der Waals surface area (Å²) in [5.41, 5.74) is 3.26. The van der Waals surface area contributed by atoms with Crippen molar-refractivity contribution in [3.63, 3.8) is 0 Å². The van der Waals surface area contributed by atoms with E-state index in [0.29, 0.717) is 5.56 Å². The predicted molar refractivity (Wildman–Crippen MR) is 65.5 cm³/mol. The van der Waals surface area contributed by atoms with Gasteiger partial charge in [-0.25, -0.2) is 4.68 Å². The van der Waals surface area contributed by atoms with Crippen molar-refractivity contribution in [1.29, 1.82) is 5.26 Å². The minimum absolute atomic E-state index is 0.655. The summed E-state index contributed by atoms with van der Waals surface area (Å²) in [5.74, 6) is 0. The fourth-order valence-corrected chi connectivity index (χ4v) is 1.90. The molecule has 0 atom stereocenters. The zero-order valence-electron chi connectivity index (χ0n) is 9.03. The van der Waals surface area contributed by atoms with Crippen molar-refractivity contribution >= 4 is 15.9 Å². The lowest BCUT2D eigenvalue weighted by atomic mass is 10.2. The monoisotopic (exact) mass is 275 g/mol. The van der Waals surface area contributed by atoms with Crippen LogP contribution in [0.4, 0.5) is 0 Å². The maximum atomic E-state index is 8.99. The van der Waals surface area contributed by atoms with Crippen LogP contribution in [0, 0.1) is 25.2 Å². The zero-order chi connectivity index (χ0) is 11.7. The van der Waals surface area contributed by atoms with E-state index in [2.05, 4.69) is 27.1 Å². The third kappa shape index (κ3) is 1.74. The molecular formula is C12H10BrN3. The fraction of sp³-hybridized carbons (Fsp3) is 0.167. The van der Waals surface area contributed by atoms with Crippen LogP contribution in [0.5, 0.6) is 0 Å². The van der Waals surface area contributed by atoms with Gasteiger partial charge in [0.15, 0.2) is 0 Å². The highest BCUT2D eigenvalue weighted by Crippen LogP contribution is 2.18. The van der Waals surface area contributed by atoms with E-state index < -0.39 is 0 Å². The van der Waals surface area contributed by atoms with Crippen molar-refractivity contribution in [3.8, 4) is 11.8 Å². The molecule has 0 saturated carbocycles. The van der Waals surface area contributed by atoms with Gasteiger partial charge < -0.3 is 0 Å². The molecular weight excluding hydrogens is 266 g/mol. The summed E-state index contributed by atoms with van der Waals surface area (Å²) < 4.78 is 2.82. The number of nitriles is 1. The minimum Gasteiger partial charge on any atom is -0.236 e. The summed E-state index contributed by atoms with van der Waals surface area (Å²) in [7, 11) is 0. The average molecular weight is 276 g/mol.